The number of para-hydroxylation sites is 1. The van der Waals surface area contributed by atoms with Gasteiger partial charge >= 0.3 is 0 Å². The lowest BCUT2D eigenvalue weighted by atomic mass is 10.1. The number of nitrogens with zero attached hydrogens (tertiary/aromatic N) is 2. The maximum Gasteiger partial charge on any atom is 0.267 e. The van der Waals surface area contributed by atoms with Crippen molar-refractivity contribution in [3.8, 4) is 5.69 Å². The summed E-state index contributed by atoms with van der Waals surface area (Å²) in [5.41, 5.74) is 2.72. The molecular formula is C25H23N3O3S2. The first kappa shape index (κ1) is 22.9. The summed E-state index contributed by atoms with van der Waals surface area (Å²) >= 11 is 2.74. The van der Waals surface area contributed by atoms with Crippen molar-refractivity contribution in [2.45, 2.75) is 32.3 Å². The molecule has 2 aromatic carbocycles. The zero-order valence-electron chi connectivity index (χ0n) is 18.5. The van der Waals surface area contributed by atoms with Crippen LogP contribution in [0.1, 0.15) is 34.1 Å². The lowest BCUT2D eigenvalue weighted by Crippen LogP contribution is -2.22. The molecule has 0 spiro atoms. The van der Waals surface area contributed by atoms with Gasteiger partial charge in [-0.05, 0) is 55.8 Å². The smallest absolute Gasteiger partial charge is 0.267 e. The minimum atomic E-state index is -0.126. The van der Waals surface area contributed by atoms with E-state index >= 15 is 0 Å². The molecule has 1 N–H and O–H groups in total. The van der Waals surface area contributed by atoms with Gasteiger partial charge in [-0.1, -0.05) is 36.9 Å². The molecule has 0 aliphatic carbocycles. The van der Waals surface area contributed by atoms with Crippen LogP contribution in [0.3, 0.4) is 0 Å². The number of hydrogen-bond acceptors (Lipinski definition) is 6. The average Bonchev–Trinajstić information content (AvgIpc) is 3.11. The Morgan fingerprint density at radius 3 is 2.42 bits per heavy atom. The zero-order valence-corrected chi connectivity index (χ0v) is 20.2. The number of aromatic nitrogens is 2. The fourth-order valence-corrected chi connectivity index (χ4v) is 5.36. The number of fused-ring (bicyclic) bond motifs is 1. The summed E-state index contributed by atoms with van der Waals surface area (Å²) in [5, 5.41) is 3.88. The fraction of sp³-hybridized carbons (Fsp3) is 0.200. The second kappa shape index (κ2) is 9.72. The van der Waals surface area contributed by atoms with Crippen molar-refractivity contribution in [3.63, 3.8) is 0 Å². The van der Waals surface area contributed by atoms with E-state index in [4.69, 9.17) is 4.98 Å². The number of Topliss-reactive ketones (excluding diaryl/α,β-unsaturated/α-hetero) is 1. The summed E-state index contributed by atoms with van der Waals surface area (Å²) < 4.78 is 1.59. The molecular weight excluding hydrogens is 454 g/mol. The number of anilines is 1. The number of benzene rings is 2. The lowest BCUT2D eigenvalue weighted by molar-refractivity contribution is -0.115. The van der Waals surface area contributed by atoms with Crippen LogP contribution >= 0.6 is 23.1 Å². The number of rotatable bonds is 7. The first-order chi connectivity index (χ1) is 15.9. The van der Waals surface area contributed by atoms with E-state index in [-0.39, 0.29) is 23.0 Å². The molecule has 0 saturated heterocycles. The largest absolute Gasteiger partial charge is 0.326 e. The Labute approximate surface area is 199 Å². The molecule has 8 heteroatoms. The monoisotopic (exact) mass is 477 g/mol. The van der Waals surface area contributed by atoms with Crippen LogP contribution in [0.4, 0.5) is 5.69 Å². The molecule has 0 saturated carbocycles. The molecule has 0 fully saturated rings. The van der Waals surface area contributed by atoms with Crippen LogP contribution in [0.15, 0.2) is 64.5 Å². The van der Waals surface area contributed by atoms with Crippen LogP contribution in [0.25, 0.3) is 15.9 Å². The highest BCUT2D eigenvalue weighted by Crippen LogP contribution is 2.30. The van der Waals surface area contributed by atoms with E-state index in [1.165, 1.54) is 23.1 Å². The highest BCUT2D eigenvalue weighted by molar-refractivity contribution is 7.99. The van der Waals surface area contributed by atoms with E-state index in [1.54, 1.807) is 35.8 Å². The summed E-state index contributed by atoms with van der Waals surface area (Å²) in [6.45, 7) is 5.70. The number of hydrogen-bond donors (Lipinski definition) is 1. The van der Waals surface area contributed by atoms with E-state index in [9.17, 15) is 14.4 Å². The first-order valence-electron chi connectivity index (χ1n) is 10.5. The molecule has 2 heterocycles. The fourth-order valence-electron chi connectivity index (χ4n) is 3.38. The molecule has 0 radical (unpaired) electrons. The molecule has 6 nitrogen and oxygen atoms in total. The third-order valence-electron chi connectivity index (χ3n) is 5.33. The number of aryl methyl sites for hydroxylation is 2. The van der Waals surface area contributed by atoms with E-state index in [1.807, 2.05) is 44.2 Å². The second-order valence-corrected chi connectivity index (χ2v) is 9.67. The summed E-state index contributed by atoms with van der Waals surface area (Å²) in [6, 6.07) is 16.2. The van der Waals surface area contributed by atoms with Crippen LogP contribution < -0.4 is 10.9 Å². The van der Waals surface area contributed by atoms with E-state index in [0.29, 0.717) is 38.7 Å². The Balaban J connectivity index is 1.64. The molecule has 0 aliphatic heterocycles. The van der Waals surface area contributed by atoms with Gasteiger partial charge in [0.15, 0.2) is 10.9 Å². The average molecular weight is 478 g/mol. The molecule has 0 unspecified atom stereocenters. The molecule has 0 atom stereocenters. The summed E-state index contributed by atoms with van der Waals surface area (Å²) in [5.74, 6) is -0.0284. The quantitative estimate of drug-likeness (QED) is 0.219. The maximum atomic E-state index is 13.4. The normalized spacial score (nSPS) is 11.0. The van der Waals surface area contributed by atoms with Crippen molar-refractivity contribution < 1.29 is 9.59 Å². The molecule has 168 valence electrons. The Kier molecular flexibility index (Phi) is 6.76. The van der Waals surface area contributed by atoms with Gasteiger partial charge in [0, 0.05) is 22.5 Å². The van der Waals surface area contributed by atoms with Crippen molar-refractivity contribution >= 4 is 50.7 Å². The number of ketones is 1. The minimum Gasteiger partial charge on any atom is -0.326 e. The highest BCUT2D eigenvalue weighted by atomic mass is 32.2. The maximum absolute atomic E-state index is 13.4. The van der Waals surface area contributed by atoms with E-state index in [0.717, 1.165) is 10.4 Å². The van der Waals surface area contributed by atoms with Gasteiger partial charge in [-0.25, -0.2) is 4.98 Å². The first-order valence-corrected chi connectivity index (χ1v) is 12.3. The van der Waals surface area contributed by atoms with Crippen LogP contribution in [0.5, 0.6) is 0 Å². The standard InChI is InChI=1S/C25H23N3O3S2/c1-4-21(30)26-18-12-10-17(11-13-18)20(29)14-32-25-27-23-22(15(2)16(3)33-23)24(31)28(25)19-8-6-5-7-9-19/h5-13H,4,14H2,1-3H3,(H,26,30). The lowest BCUT2D eigenvalue weighted by Gasteiger charge is -2.12. The number of thiophene rings is 1. The van der Waals surface area contributed by atoms with Crippen LogP contribution in [0.2, 0.25) is 0 Å². The molecule has 4 aromatic rings. The Morgan fingerprint density at radius 1 is 1.06 bits per heavy atom. The molecule has 2 aromatic heterocycles. The van der Waals surface area contributed by atoms with Gasteiger partial charge in [-0.3, -0.25) is 19.0 Å². The van der Waals surface area contributed by atoms with Crippen molar-refractivity contribution in [2.75, 3.05) is 11.1 Å². The Bertz CT molecular complexity index is 1390. The van der Waals surface area contributed by atoms with Crippen LogP contribution in [-0.2, 0) is 4.79 Å². The van der Waals surface area contributed by atoms with Gasteiger partial charge < -0.3 is 5.32 Å². The second-order valence-electron chi connectivity index (χ2n) is 7.52. The van der Waals surface area contributed by atoms with Crippen molar-refractivity contribution in [1.82, 2.24) is 9.55 Å². The molecule has 33 heavy (non-hydrogen) atoms. The van der Waals surface area contributed by atoms with Crippen molar-refractivity contribution in [2.24, 2.45) is 0 Å². The molecule has 0 aliphatic rings. The van der Waals surface area contributed by atoms with Crippen molar-refractivity contribution in [1.29, 1.82) is 0 Å². The van der Waals surface area contributed by atoms with Crippen LogP contribution in [0, 0.1) is 13.8 Å². The Morgan fingerprint density at radius 2 is 1.76 bits per heavy atom. The molecule has 1 amide bonds. The summed E-state index contributed by atoms with van der Waals surface area (Å²) in [4.78, 5) is 44.3. The van der Waals surface area contributed by atoms with Gasteiger partial charge in [0.1, 0.15) is 4.83 Å². The SMILES string of the molecule is CCC(=O)Nc1ccc(C(=O)CSc2nc3sc(C)c(C)c3c(=O)n2-c2ccccc2)cc1. The predicted molar refractivity (Wildman–Crippen MR) is 135 cm³/mol. The number of amides is 1. The number of carbonyl (C=O) groups excluding carboxylic acids is 2. The molecule has 0 bridgehead atoms. The third-order valence-corrected chi connectivity index (χ3v) is 7.37. The van der Waals surface area contributed by atoms with E-state index < -0.39 is 0 Å². The summed E-state index contributed by atoms with van der Waals surface area (Å²) in [7, 11) is 0. The van der Waals surface area contributed by atoms with E-state index in [2.05, 4.69) is 5.32 Å². The number of nitrogens with one attached hydrogen (secondary N) is 1. The Hall–Kier alpha value is -3.23. The zero-order chi connectivity index (χ0) is 23.5. The van der Waals surface area contributed by atoms with Crippen LogP contribution in [-0.4, -0.2) is 27.0 Å². The number of carbonyl (C=O) groups is 2. The van der Waals surface area contributed by atoms with Crippen molar-refractivity contribution in [3.05, 3.63) is 81.0 Å². The van der Waals surface area contributed by atoms with Gasteiger partial charge in [0.05, 0.1) is 16.8 Å². The third kappa shape index (κ3) is 4.77. The van der Waals surface area contributed by atoms with Gasteiger partial charge in [0.2, 0.25) is 5.91 Å². The topological polar surface area (TPSA) is 81.1 Å². The van der Waals surface area contributed by atoms with Gasteiger partial charge in [0.25, 0.3) is 5.56 Å². The number of thioether (sulfide) groups is 1. The van der Waals surface area contributed by atoms with Gasteiger partial charge in [-0.2, -0.15) is 0 Å². The van der Waals surface area contributed by atoms with Gasteiger partial charge in [-0.15, -0.1) is 11.3 Å². The summed E-state index contributed by atoms with van der Waals surface area (Å²) in [6.07, 6.45) is 0.390. The highest BCUT2D eigenvalue weighted by Gasteiger charge is 2.19. The minimum absolute atomic E-state index is 0.0796. The predicted octanol–water partition coefficient (Wildman–Crippen LogP) is 5.39. The molecule has 4 rings (SSSR count).